The smallest absolute Gasteiger partial charge is 0.205 e. The Morgan fingerprint density at radius 3 is 2.81 bits per heavy atom. The van der Waals surface area contributed by atoms with Crippen molar-refractivity contribution in [3.63, 3.8) is 0 Å². The number of methoxy groups -OCH3 is 2. The molecule has 0 aliphatic carbocycles. The monoisotopic (exact) mass is 443 g/mol. The number of thiazole rings is 1. The average Bonchev–Trinajstić information content (AvgIpc) is 3.15. The first-order valence-electron chi connectivity index (χ1n) is 7.94. The predicted octanol–water partition coefficient (Wildman–Crippen LogP) is 4.29. The number of aromatic nitrogens is 1. The highest BCUT2D eigenvalue weighted by atomic mass is 79.9. The Bertz CT molecular complexity index is 1130. The molecular formula is C19H14BrN3O3S. The lowest BCUT2D eigenvalue weighted by atomic mass is 9.83. The standard InChI is InChI=1S/C19H14BrN3O3S/c1-24-14-6-9(5-12(20)17(14)25-2)15-10-3-4-13-18(27-8-23-13)16(10)26-19(22)11(15)7-21/h3-6,8,15H,22H2,1-2H3. The topological polar surface area (TPSA) is 90.4 Å². The molecule has 2 heterocycles. The maximum Gasteiger partial charge on any atom is 0.205 e. The van der Waals surface area contributed by atoms with E-state index in [4.69, 9.17) is 19.9 Å². The maximum absolute atomic E-state index is 9.74. The van der Waals surface area contributed by atoms with Gasteiger partial charge in [-0.1, -0.05) is 6.07 Å². The summed E-state index contributed by atoms with van der Waals surface area (Å²) in [5.74, 6) is 1.50. The fourth-order valence-corrected chi connectivity index (χ4v) is 4.69. The van der Waals surface area contributed by atoms with Crippen molar-refractivity contribution in [1.29, 1.82) is 5.26 Å². The fraction of sp³-hybridized carbons (Fsp3) is 0.158. The Morgan fingerprint density at radius 1 is 1.30 bits per heavy atom. The molecule has 1 aliphatic heterocycles. The van der Waals surface area contributed by atoms with Gasteiger partial charge in [0.1, 0.15) is 11.6 Å². The minimum atomic E-state index is -0.388. The highest BCUT2D eigenvalue weighted by Crippen LogP contribution is 2.48. The zero-order chi connectivity index (χ0) is 19.1. The number of nitrogens with zero attached hydrogens (tertiary/aromatic N) is 2. The highest BCUT2D eigenvalue weighted by Gasteiger charge is 2.33. The van der Waals surface area contributed by atoms with E-state index in [2.05, 4.69) is 27.0 Å². The zero-order valence-electron chi connectivity index (χ0n) is 14.4. The molecular weight excluding hydrogens is 430 g/mol. The van der Waals surface area contributed by atoms with E-state index in [9.17, 15) is 5.26 Å². The lowest BCUT2D eigenvalue weighted by Crippen LogP contribution is -2.21. The summed E-state index contributed by atoms with van der Waals surface area (Å²) in [6.07, 6.45) is 0. The molecule has 0 fully saturated rings. The number of fused-ring (bicyclic) bond motifs is 3. The number of nitriles is 1. The molecule has 3 aromatic rings. The van der Waals surface area contributed by atoms with E-state index in [0.717, 1.165) is 25.8 Å². The molecule has 0 bridgehead atoms. The molecule has 6 nitrogen and oxygen atoms in total. The van der Waals surface area contributed by atoms with Crippen LogP contribution in [0.5, 0.6) is 17.2 Å². The number of nitrogens with two attached hydrogens (primary N) is 1. The van der Waals surface area contributed by atoms with Crippen LogP contribution in [0.1, 0.15) is 17.0 Å². The van der Waals surface area contributed by atoms with Crippen LogP contribution >= 0.6 is 27.3 Å². The van der Waals surface area contributed by atoms with Gasteiger partial charge >= 0.3 is 0 Å². The third-order valence-corrected chi connectivity index (χ3v) is 5.90. The number of hydrogen-bond acceptors (Lipinski definition) is 7. The molecule has 0 radical (unpaired) electrons. The quantitative estimate of drug-likeness (QED) is 0.648. The van der Waals surface area contributed by atoms with E-state index < -0.39 is 0 Å². The van der Waals surface area contributed by atoms with Crippen molar-refractivity contribution >= 4 is 37.5 Å². The lowest BCUT2D eigenvalue weighted by molar-refractivity contribution is 0.352. The van der Waals surface area contributed by atoms with Crippen LogP contribution in [0.2, 0.25) is 0 Å². The summed E-state index contributed by atoms with van der Waals surface area (Å²) in [7, 11) is 3.15. The maximum atomic E-state index is 9.74. The minimum absolute atomic E-state index is 0.0989. The van der Waals surface area contributed by atoms with Gasteiger partial charge in [-0.05, 0) is 39.7 Å². The Kier molecular flexibility index (Phi) is 4.42. The molecule has 4 rings (SSSR count). The largest absolute Gasteiger partial charge is 0.493 e. The molecule has 2 N–H and O–H groups in total. The Hall–Kier alpha value is -2.76. The number of rotatable bonds is 3. The fourth-order valence-electron chi connectivity index (χ4n) is 3.28. The second kappa shape index (κ2) is 6.76. The number of halogens is 1. The van der Waals surface area contributed by atoms with Crippen molar-refractivity contribution in [1.82, 2.24) is 4.98 Å². The zero-order valence-corrected chi connectivity index (χ0v) is 16.8. The van der Waals surface area contributed by atoms with Crippen molar-refractivity contribution in [2.45, 2.75) is 5.92 Å². The third kappa shape index (κ3) is 2.71. The first-order valence-corrected chi connectivity index (χ1v) is 9.61. The van der Waals surface area contributed by atoms with E-state index in [-0.39, 0.29) is 11.8 Å². The molecule has 0 saturated heterocycles. The second-order valence-corrected chi connectivity index (χ2v) is 7.56. The van der Waals surface area contributed by atoms with Gasteiger partial charge in [0.2, 0.25) is 5.88 Å². The predicted molar refractivity (Wildman–Crippen MR) is 106 cm³/mol. The Balaban J connectivity index is 1.99. The van der Waals surface area contributed by atoms with Crippen LogP contribution in [0.25, 0.3) is 10.2 Å². The normalized spacial score (nSPS) is 15.9. The van der Waals surface area contributed by atoms with Gasteiger partial charge in [-0.3, -0.25) is 0 Å². The number of allylic oxidation sites excluding steroid dienone is 1. The van der Waals surface area contributed by atoms with Crippen LogP contribution in [-0.2, 0) is 0 Å². The summed E-state index contributed by atoms with van der Waals surface area (Å²) in [4.78, 5) is 4.33. The summed E-state index contributed by atoms with van der Waals surface area (Å²) in [5.41, 5.74) is 10.8. The number of hydrogen-bond donors (Lipinski definition) is 1. The Morgan fingerprint density at radius 2 is 2.11 bits per heavy atom. The third-order valence-electron chi connectivity index (χ3n) is 4.47. The molecule has 1 aliphatic rings. The van der Waals surface area contributed by atoms with Gasteiger partial charge in [0.15, 0.2) is 17.2 Å². The number of ether oxygens (including phenoxy) is 3. The van der Waals surface area contributed by atoms with Crippen molar-refractivity contribution in [3.05, 3.63) is 56.8 Å². The molecule has 136 valence electrons. The molecule has 8 heteroatoms. The molecule has 0 saturated carbocycles. The van der Waals surface area contributed by atoms with Gasteiger partial charge in [0.05, 0.1) is 40.3 Å². The summed E-state index contributed by atoms with van der Waals surface area (Å²) >= 11 is 5.00. The van der Waals surface area contributed by atoms with E-state index >= 15 is 0 Å². The summed E-state index contributed by atoms with van der Waals surface area (Å²) in [5, 5.41) is 9.74. The van der Waals surface area contributed by atoms with Crippen LogP contribution in [0.15, 0.2) is 45.7 Å². The molecule has 2 aromatic carbocycles. The minimum Gasteiger partial charge on any atom is -0.493 e. The van der Waals surface area contributed by atoms with Crippen molar-refractivity contribution in [2.75, 3.05) is 14.2 Å². The molecule has 0 spiro atoms. The van der Waals surface area contributed by atoms with Crippen LogP contribution in [-0.4, -0.2) is 19.2 Å². The molecule has 1 aromatic heterocycles. The number of benzene rings is 2. The first kappa shape index (κ1) is 17.6. The van der Waals surface area contributed by atoms with Crippen LogP contribution in [0.3, 0.4) is 0 Å². The lowest BCUT2D eigenvalue weighted by Gasteiger charge is -2.27. The molecule has 1 unspecified atom stereocenters. The van der Waals surface area contributed by atoms with E-state index in [1.54, 1.807) is 19.7 Å². The van der Waals surface area contributed by atoms with Gasteiger partial charge < -0.3 is 19.9 Å². The van der Waals surface area contributed by atoms with E-state index in [1.165, 1.54) is 11.3 Å². The summed E-state index contributed by atoms with van der Waals surface area (Å²) in [6.45, 7) is 0. The van der Waals surface area contributed by atoms with Gasteiger partial charge in [-0.25, -0.2) is 4.98 Å². The summed E-state index contributed by atoms with van der Waals surface area (Å²) in [6, 6.07) is 9.81. The summed E-state index contributed by atoms with van der Waals surface area (Å²) < 4.78 is 18.3. The molecule has 0 amide bonds. The Labute approximate surface area is 167 Å². The van der Waals surface area contributed by atoms with Gasteiger partial charge in [-0.15, -0.1) is 11.3 Å². The molecule has 1 atom stereocenters. The average molecular weight is 444 g/mol. The van der Waals surface area contributed by atoms with Gasteiger partial charge in [-0.2, -0.15) is 5.26 Å². The van der Waals surface area contributed by atoms with Crippen LogP contribution < -0.4 is 19.9 Å². The van der Waals surface area contributed by atoms with Crippen molar-refractivity contribution in [3.8, 4) is 23.3 Å². The second-order valence-electron chi connectivity index (χ2n) is 5.85. The molecule has 27 heavy (non-hydrogen) atoms. The van der Waals surface area contributed by atoms with Crippen LogP contribution in [0.4, 0.5) is 0 Å². The van der Waals surface area contributed by atoms with Gasteiger partial charge in [0, 0.05) is 5.56 Å². The van der Waals surface area contributed by atoms with Crippen molar-refractivity contribution in [2.24, 2.45) is 5.73 Å². The van der Waals surface area contributed by atoms with E-state index in [1.807, 2.05) is 24.3 Å². The van der Waals surface area contributed by atoms with E-state index in [0.29, 0.717) is 22.8 Å². The van der Waals surface area contributed by atoms with Gasteiger partial charge in [0.25, 0.3) is 0 Å². The van der Waals surface area contributed by atoms with Crippen molar-refractivity contribution < 1.29 is 14.2 Å². The van der Waals surface area contributed by atoms with Crippen LogP contribution in [0, 0.1) is 11.3 Å². The first-order chi connectivity index (χ1) is 13.1. The SMILES string of the molecule is COc1cc(C2C(C#N)=C(N)Oc3c2ccc2ncsc32)cc(Br)c1OC. The highest BCUT2D eigenvalue weighted by molar-refractivity contribution is 9.10.